The lowest BCUT2D eigenvalue weighted by atomic mass is 10.0. The predicted molar refractivity (Wildman–Crippen MR) is 243 cm³/mol. The van der Waals surface area contributed by atoms with Crippen LogP contribution < -0.4 is 0 Å². The van der Waals surface area contributed by atoms with E-state index in [2.05, 4.69) is 34.6 Å². The lowest BCUT2D eigenvalue weighted by Gasteiger charge is -2.18. The van der Waals surface area contributed by atoms with Gasteiger partial charge < -0.3 is 14.2 Å². The molecule has 0 saturated heterocycles. The second-order valence-electron chi connectivity index (χ2n) is 18.4. The second kappa shape index (κ2) is 44.0. The van der Waals surface area contributed by atoms with Gasteiger partial charge in [0.05, 0.1) is 0 Å². The molecule has 0 N–H and O–H groups in total. The monoisotopic (exact) mass is 807 g/mol. The Labute approximate surface area is 355 Å². The van der Waals surface area contributed by atoms with Crippen LogP contribution in [0.25, 0.3) is 0 Å². The molecule has 0 bridgehead atoms. The van der Waals surface area contributed by atoms with Crippen LogP contribution in [0.5, 0.6) is 0 Å². The first-order valence-corrected chi connectivity index (χ1v) is 25.2. The fraction of sp³-hybridized carbons (Fsp3) is 0.941. The molecule has 0 fully saturated rings. The molecule has 0 aromatic heterocycles. The van der Waals surface area contributed by atoms with Gasteiger partial charge in [-0.1, -0.05) is 240 Å². The van der Waals surface area contributed by atoms with Crippen LogP contribution in [0, 0.1) is 11.8 Å². The van der Waals surface area contributed by atoms with Crippen molar-refractivity contribution in [3.63, 3.8) is 0 Å². The molecule has 57 heavy (non-hydrogen) atoms. The fourth-order valence-electron chi connectivity index (χ4n) is 7.64. The molecule has 0 amide bonds. The minimum Gasteiger partial charge on any atom is -0.462 e. The molecule has 0 spiro atoms. The van der Waals surface area contributed by atoms with Gasteiger partial charge in [-0.3, -0.25) is 14.4 Å². The van der Waals surface area contributed by atoms with Crippen LogP contribution in [0.2, 0.25) is 0 Å². The van der Waals surface area contributed by atoms with E-state index in [1.807, 2.05) is 0 Å². The standard InChI is InChI=1S/C51H98O6/c1-6-7-8-9-24-31-36-41-49(52)55-44-48(57-51(54)43-38-33-28-23-19-18-21-26-30-35-40-47(4)5)45-56-50(53)42-37-32-27-22-17-15-13-11-10-12-14-16-20-25-29-34-39-46(2)3/h46-48H,6-45H2,1-5H3/t48-/m1/s1. The number of ether oxygens (including phenoxy) is 3. The van der Waals surface area contributed by atoms with Gasteiger partial charge in [-0.05, 0) is 31.1 Å². The van der Waals surface area contributed by atoms with Gasteiger partial charge in [0.2, 0.25) is 0 Å². The molecule has 1 atom stereocenters. The molecule has 0 aromatic rings. The number of hydrogen-bond donors (Lipinski definition) is 0. The molecule has 0 heterocycles. The topological polar surface area (TPSA) is 78.9 Å². The summed E-state index contributed by atoms with van der Waals surface area (Å²) in [5.41, 5.74) is 0. The molecule has 0 aliphatic heterocycles. The summed E-state index contributed by atoms with van der Waals surface area (Å²) in [6.07, 6.45) is 43.9. The summed E-state index contributed by atoms with van der Waals surface area (Å²) in [7, 11) is 0. The Balaban J connectivity index is 4.17. The summed E-state index contributed by atoms with van der Waals surface area (Å²) in [6.45, 7) is 11.3. The van der Waals surface area contributed by atoms with Crippen LogP contribution in [0.15, 0.2) is 0 Å². The molecule has 6 heteroatoms. The Morgan fingerprint density at radius 1 is 0.333 bits per heavy atom. The molecule has 0 aliphatic rings. The fourth-order valence-corrected chi connectivity index (χ4v) is 7.64. The maximum Gasteiger partial charge on any atom is 0.306 e. The highest BCUT2D eigenvalue weighted by Crippen LogP contribution is 2.17. The van der Waals surface area contributed by atoms with Crippen LogP contribution in [0.3, 0.4) is 0 Å². The van der Waals surface area contributed by atoms with Crippen LogP contribution in [0.1, 0.15) is 279 Å². The quantitative estimate of drug-likeness (QED) is 0.0346. The van der Waals surface area contributed by atoms with E-state index in [0.29, 0.717) is 19.3 Å². The van der Waals surface area contributed by atoms with Crippen molar-refractivity contribution < 1.29 is 28.6 Å². The molecular weight excluding hydrogens is 709 g/mol. The Hall–Kier alpha value is -1.59. The minimum atomic E-state index is -0.760. The molecule has 0 rings (SSSR count). The third kappa shape index (κ3) is 45.3. The highest BCUT2D eigenvalue weighted by atomic mass is 16.6. The van der Waals surface area contributed by atoms with E-state index in [9.17, 15) is 14.4 Å². The van der Waals surface area contributed by atoms with Crippen molar-refractivity contribution >= 4 is 17.9 Å². The SMILES string of the molecule is CCCCCCCCCC(=O)OC[C@H](COC(=O)CCCCCCCCCCCCCCCCCCC(C)C)OC(=O)CCCCCCCCCCCCC(C)C. The summed E-state index contributed by atoms with van der Waals surface area (Å²) in [6, 6.07) is 0. The van der Waals surface area contributed by atoms with E-state index in [0.717, 1.165) is 69.6 Å². The zero-order valence-electron chi connectivity index (χ0n) is 39.0. The van der Waals surface area contributed by atoms with Crippen molar-refractivity contribution in [1.82, 2.24) is 0 Å². The Morgan fingerprint density at radius 3 is 0.860 bits per heavy atom. The molecule has 0 radical (unpaired) electrons. The van der Waals surface area contributed by atoms with Gasteiger partial charge in [0.15, 0.2) is 6.10 Å². The van der Waals surface area contributed by atoms with Crippen LogP contribution >= 0.6 is 0 Å². The first-order chi connectivity index (χ1) is 27.7. The van der Waals surface area contributed by atoms with E-state index in [-0.39, 0.29) is 31.1 Å². The zero-order valence-corrected chi connectivity index (χ0v) is 39.0. The number of rotatable bonds is 45. The Kier molecular flexibility index (Phi) is 42.7. The number of carbonyl (C=O) groups excluding carboxylic acids is 3. The first kappa shape index (κ1) is 55.4. The summed E-state index contributed by atoms with van der Waals surface area (Å²) in [5, 5.41) is 0. The lowest BCUT2D eigenvalue weighted by Crippen LogP contribution is -2.30. The number of carbonyl (C=O) groups is 3. The molecular formula is C51H98O6. The highest BCUT2D eigenvalue weighted by Gasteiger charge is 2.19. The van der Waals surface area contributed by atoms with Gasteiger partial charge in [0.25, 0.3) is 0 Å². The summed E-state index contributed by atoms with van der Waals surface area (Å²) < 4.78 is 16.7. The largest absolute Gasteiger partial charge is 0.462 e. The average Bonchev–Trinajstić information content (AvgIpc) is 3.18. The number of esters is 3. The van der Waals surface area contributed by atoms with E-state index in [1.54, 1.807) is 0 Å². The Bertz CT molecular complexity index is 870. The summed E-state index contributed by atoms with van der Waals surface area (Å²) in [5.74, 6) is 0.812. The first-order valence-electron chi connectivity index (χ1n) is 25.2. The van der Waals surface area contributed by atoms with Gasteiger partial charge in [-0.2, -0.15) is 0 Å². The molecule has 0 unspecified atom stereocenters. The molecule has 0 aromatic carbocycles. The highest BCUT2D eigenvalue weighted by molar-refractivity contribution is 5.71. The van der Waals surface area contributed by atoms with Crippen molar-refractivity contribution in [3.8, 4) is 0 Å². The van der Waals surface area contributed by atoms with Gasteiger partial charge in [-0.15, -0.1) is 0 Å². The van der Waals surface area contributed by atoms with E-state index in [4.69, 9.17) is 14.2 Å². The maximum absolute atomic E-state index is 12.7. The third-order valence-corrected chi connectivity index (χ3v) is 11.5. The van der Waals surface area contributed by atoms with Crippen molar-refractivity contribution in [3.05, 3.63) is 0 Å². The van der Waals surface area contributed by atoms with Gasteiger partial charge in [-0.25, -0.2) is 0 Å². The molecule has 0 saturated carbocycles. The molecule has 338 valence electrons. The van der Waals surface area contributed by atoms with Gasteiger partial charge in [0, 0.05) is 19.3 Å². The minimum absolute atomic E-state index is 0.0643. The van der Waals surface area contributed by atoms with Gasteiger partial charge >= 0.3 is 17.9 Å². The van der Waals surface area contributed by atoms with Crippen molar-refractivity contribution in [2.75, 3.05) is 13.2 Å². The summed E-state index contributed by atoms with van der Waals surface area (Å²) in [4.78, 5) is 37.7. The van der Waals surface area contributed by atoms with E-state index in [1.165, 1.54) is 167 Å². The predicted octanol–water partition coefficient (Wildman–Crippen LogP) is 16.1. The zero-order chi connectivity index (χ0) is 41.9. The van der Waals surface area contributed by atoms with Crippen molar-refractivity contribution in [1.29, 1.82) is 0 Å². The van der Waals surface area contributed by atoms with Crippen molar-refractivity contribution in [2.45, 2.75) is 285 Å². The number of unbranched alkanes of at least 4 members (excludes halogenated alkanes) is 30. The average molecular weight is 807 g/mol. The number of hydrogen-bond acceptors (Lipinski definition) is 6. The third-order valence-electron chi connectivity index (χ3n) is 11.5. The second-order valence-corrected chi connectivity index (χ2v) is 18.4. The van der Waals surface area contributed by atoms with Crippen LogP contribution in [-0.4, -0.2) is 37.2 Å². The van der Waals surface area contributed by atoms with E-state index < -0.39 is 6.10 Å². The summed E-state index contributed by atoms with van der Waals surface area (Å²) >= 11 is 0. The molecule has 0 aliphatic carbocycles. The Morgan fingerprint density at radius 2 is 0.579 bits per heavy atom. The van der Waals surface area contributed by atoms with Gasteiger partial charge in [0.1, 0.15) is 13.2 Å². The van der Waals surface area contributed by atoms with Crippen LogP contribution in [-0.2, 0) is 28.6 Å². The maximum atomic E-state index is 12.7. The molecule has 6 nitrogen and oxygen atoms in total. The van der Waals surface area contributed by atoms with E-state index >= 15 is 0 Å². The normalized spacial score (nSPS) is 12.1. The van der Waals surface area contributed by atoms with Crippen molar-refractivity contribution in [2.24, 2.45) is 11.8 Å². The lowest BCUT2D eigenvalue weighted by molar-refractivity contribution is -0.167. The smallest absolute Gasteiger partial charge is 0.306 e. The van der Waals surface area contributed by atoms with Crippen LogP contribution in [0.4, 0.5) is 0 Å².